The second-order valence-corrected chi connectivity index (χ2v) is 5.16. The Morgan fingerprint density at radius 2 is 2.17 bits per heavy atom. The highest BCUT2D eigenvalue weighted by Gasteiger charge is 2.25. The first-order valence-electron chi connectivity index (χ1n) is 6.32. The second-order valence-electron chi connectivity index (χ2n) is 5.16. The van der Waals surface area contributed by atoms with Crippen LogP contribution in [-0.4, -0.2) is 33.6 Å². The molecule has 0 bridgehead atoms. The summed E-state index contributed by atoms with van der Waals surface area (Å²) in [6, 6.07) is 0.413. The monoisotopic (exact) mass is 249 g/mol. The van der Waals surface area contributed by atoms with Gasteiger partial charge in [0.05, 0.1) is 11.3 Å². The zero-order valence-electron chi connectivity index (χ0n) is 11.1. The number of piperidine rings is 1. The largest absolute Gasteiger partial charge is 0.478 e. The van der Waals surface area contributed by atoms with E-state index >= 15 is 0 Å². The molecule has 98 valence electrons. The van der Waals surface area contributed by atoms with E-state index in [0.717, 1.165) is 13.0 Å². The number of aryl methyl sites for hydroxylation is 1. The van der Waals surface area contributed by atoms with Crippen molar-refractivity contribution in [3.05, 3.63) is 17.5 Å². The minimum Gasteiger partial charge on any atom is -0.478 e. The van der Waals surface area contributed by atoms with Gasteiger partial charge in [-0.2, -0.15) is 0 Å². The van der Waals surface area contributed by atoms with Gasteiger partial charge in [-0.25, -0.2) is 14.8 Å². The third kappa shape index (κ3) is 2.44. The van der Waals surface area contributed by atoms with Crippen LogP contribution in [0.5, 0.6) is 0 Å². The van der Waals surface area contributed by atoms with Gasteiger partial charge in [0.1, 0.15) is 0 Å². The molecule has 0 amide bonds. The molecule has 1 fully saturated rings. The Hall–Kier alpha value is -1.65. The van der Waals surface area contributed by atoms with Gasteiger partial charge in [0.25, 0.3) is 0 Å². The van der Waals surface area contributed by atoms with Crippen molar-refractivity contribution in [3.8, 4) is 0 Å². The molecule has 18 heavy (non-hydrogen) atoms. The summed E-state index contributed by atoms with van der Waals surface area (Å²) in [6.45, 7) is 7.03. The Balaban J connectivity index is 2.28. The number of hydrogen-bond acceptors (Lipinski definition) is 4. The molecule has 2 rings (SSSR count). The first kappa shape index (κ1) is 12.8. The maximum atomic E-state index is 10.9. The van der Waals surface area contributed by atoms with E-state index in [4.69, 9.17) is 5.11 Å². The number of anilines is 1. The normalized spacial score (nSPS) is 24.1. The Bertz CT molecular complexity index is 462. The van der Waals surface area contributed by atoms with Gasteiger partial charge in [0, 0.05) is 18.8 Å². The van der Waals surface area contributed by atoms with Crippen molar-refractivity contribution in [1.82, 2.24) is 9.97 Å². The van der Waals surface area contributed by atoms with Gasteiger partial charge in [-0.3, -0.25) is 0 Å². The average molecular weight is 249 g/mol. The van der Waals surface area contributed by atoms with Crippen LogP contribution in [0.4, 0.5) is 5.95 Å². The van der Waals surface area contributed by atoms with Gasteiger partial charge in [-0.1, -0.05) is 6.92 Å². The van der Waals surface area contributed by atoms with Crippen LogP contribution in [0.1, 0.15) is 42.7 Å². The SMILES string of the molecule is Cc1nc(N2CC(C)CCC2C)ncc1C(=O)O. The molecule has 1 saturated heterocycles. The lowest BCUT2D eigenvalue weighted by Crippen LogP contribution is -2.42. The molecule has 1 aliphatic heterocycles. The van der Waals surface area contributed by atoms with Crippen molar-refractivity contribution in [2.45, 2.75) is 39.7 Å². The van der Waals surface area contributed by atoms with E-state index in [2.05, 4.69) is 28.7 Å². The Labute approximate surface area is 107 Å². The van der Waals surface area contributed by atoms with Crippen molar-refractivity contribution in [2.75, 3.05) is 11.4 Å². The fraction of sp³-hybridized carbons (Fsp3) is 0.615. The number of carbonyl (C=O) groups is 1. The topological polar surface area (TPSA) is 66.3 Å². The molecule has 0 saturated carbocycles. The van der Waals surface area contributed by atoms with Gasteiger partial charge in [-0.05, 0) is 32.6 Å². The standard InChI is InChI=1S/C13H19N3O2/c1-8-4-5-9(2)16(7-8)13-14-6-11(12(17)18)10(3)15-13/h6,8-9H,4-5,7H2,1-3H3,(H,17,18). The zero-order valence-corrected chi connectivity index (χ0v) is 11.1. The predicted octanol–water partition coefficient (Wildman–Crippen LogP) is 2.11. The molecule has 1 aliphatic rings. The summed E-state index contributed by atoms with van der Waals surface area (Å²) < 4.78 is 0. The summed E-state index contributed by atoms with van der Waals surface area (Å²) in [5.41, 5.74) is 0.703. The highest BCUT2D eigenvalue weighted by Crippen LogP contribution is 2.25. The van der Waals surface area contributed by atoms with Gasteiger partial charge in [0.2, 0.25) is 5.95 Å². The Morgan fingerprint density at radius 1 is 1.44 bits per heavy atom. The fourth-order valence-corrected chi connectivity index (χ4v) is 2.37. The molecule has 1 N–H and O–H groups in total. The molecule has 0 aliphatic carbocycles. The van der Waals surface area contributed by atoms with Gasteiger partial charge < -0.3 is 10.0 Å². The first-order valence-corrected chi connectivity index (χ1v) is 6.32. The van der Waals surface area contributed by atoms with Crippen molar-refractivity contribution in [2.24, 2.45) is 5.92 Å². The molecule has 0 radical (unpaired) electrons. The molecule has 2 unspecified atom stereocenters. The summed E-state index contributed by atoms with van der Waals surface area (Å²) in [5.74, 6) is 0.305. The summed E-state index contributed by atoms with van der Waals surface area (Å²) in [5, 5.41) is 8.97. The third-order valence-corrected chi connectivity index (χ3v) is 3.57. The zero-order chi connectivity index (χ0) is 13.3. The van der Waals surface area contributed by atoms with Gasteiger partial charge >= 0.3 is 5.97 Å². The van der Waals surface area contributed by atoms with E-state index in [9.17, 15) is 4.79 Å². The summed E-state index contributed by atoms with van der Waals surface area (Å²) in [6.07, 6.45) is 3.76. The molecule has 0 spiro atoms. The van der Waals surface area contributed by atoms with E-state index in [1.807, 2.05) is 0 Å². The van der Waals surface area contributed by atoms with E-state index < -0.39 is 5.97 Å². The number of aromatic carboxylic acids is 1. The average Bonchev–Trinajstić information content (AvgIpc) is 2.31. The minimum atomic E-state index is -0.973. The van der Waals surface area contributed by atoms with E-state index in [1.165, 1.54) is 12.6 Å². The van der Waals surface area contributed by atoms with Crippen molar-refractivity contribution in [1.29, 1.82) is 0 Å². The smallest absolute Gasteiger partial charge is 0.339 e. The molecule has 5 nitrogen and oxygen atoms in total. The second kappa shape index (κ2) is 4.92. The molecular formula is C13H19N3O2. The van der Waals surface area contributed by atoms with Gasteiger partial charge in [0.15, 0.2) is 0 Å². The predicted molar refractivity (Wildman–Crippen MR) is 68.9 cm³/mol. The first-order chi connectivity index (χ1) is 8.49. The maximum Gasteiger partial charge on any atom is 0.339 e. The number of carboxylic acid groups (broad SMARTS) is 1. The minimum absolute atomic E-state index is 0.177. The number of nitrogens with zero attached hydrogens (tertiary/aromatic N) is 3. The third-order valence-electron chi connectivity index (χ3n) is 3.57. The van der Waals surface area contributed by atoms with Crippen molar-refractivity contribution >= 4 is 11.9 Å². The molecule has 0 aromatic carbocycles. The van der Waals surface area contributed by atoms with Crippen molar-refractivity contribution < 1.29 is 9.90 Å². The lowest BCUT2D eigenvalue weighted by Gasteiger charge is -2.36. The summed E-state index contributed by atoms with van der Waals surface area (Å²) in [4.78, 5) is 21.6. The van der Waals surface area contributed by atoms with Crippen LogP contribution < -0.4 is 4.90 Å². The fourth-order valence-electron chi connectivity index (χ4n) is 2.37. The highest BCUT2D eigenvalue weighted by atomic mass is 16.4. The van der Waals surface area contributed by atoms with Crippen LogP contribution in [0.15, 0.2) is 6.20 Å². The summed E-state index contributed by atoms with van der Waals surface area (Å²) in [7, 11) is 0. The number of hydrogen-bond donors (Lipinski definition) is 1. The van der Waals surface area contributed by atoms with Gasteiger partial charge in [-0.15, -0.1) is 0 Å². The van der Waals surface area contributed by atoms with Crippen molar-refractivity contribution in [3.63, 3.8) is 0 Å². The van der Waals surface area contributed by atoms with Crippen LogP contribution in [0.3, 0.4) is 0 Å². The quantitative estimate of drug-likeness (QED) is 0.869. The molecule has 1 aromatic rings. The van der Waals surface area contributed by atoms with Crippen LogP contribution >= 0.6 is 0 Å². The molecule has 2 heterocycles. The Kier molecular flexibility index (Phi) is 3.50. The lowest BCUT2D eigenvalue weighted by atomic mass is 9.95. The Morgan fingerprint density at radius 3 is 2.78 bits per heavy atom. The van der Waals surface area contributed by atoms with Crippen LogP contribution in [-0.2, 0) is 0 Å². The van der Waals surface area contributed by atoms with Crippen LogP contribution in [0, 0.1) is 12.8 Å². The maximum absolute atomic E-state index is 10.9. The van der Waals surface area contributed by atoms with Crippen LogP contribution in [0.25, 0.3) is 0 Å². The van der Waals surface area contributed by atoms with Crippen LogP contribution in [0.2, 0.25) is 0 Å². The number of rotatable bonds is 2. The lowest BCUT2D eigenvalue weighted by molar-refractivity contribution is 0.0695. The molecule has 1 aromatic heterocycles. The number of aromatic nitrogens is 2. The molecular weight excluding hydrogens is 230 g/mol. The van der Waals surface area contributed by atoms with E-state index in [1.54, 1.807) is 6.92 Å². The molecule has 2 atom stereocenters. The van der Waals surface area contributed by atoms with E-state index in [-0.39, 0.29) is 5.56 Å². The summed E-state index contributed by atoms with van der Waals surface area (Å²) >= 11 is 0. The highest BCUT2D eigenvalue weighted by molar-refractivity contribution is 5.88. The number of carboxylic acids is 1. The van der Waals surface area contributed by atoms with E-state index in [0.29, 0.717) is 23.6 Å². The molecule has 5 heteroatoms.